The van der Waals surface area contributed by atoms with Crippen LogP contribution in [0, 0.1) is 5.82 Å². The molecule has 0 radical (unpaired) electrons. The van der Waals surface area contributed by atoms with E-state index in [0.717, 1.165) is 18.9 Å². The van der Waals surface area contributed by atoms with E-state index in [1.165, 1.54) is 6.07 Å². The van der Waals surface area contributed by atoms with Crippen LogP contribution in [0.15, 0.2) is 18.2 Å². The fourth-order valence-electron chi connectivity index (χ4n) is 1.63. The lowest BCUT2D eigenvalue weighted by Crippen LogP contribution is -2.11. The molecule has 0 aliphatic rings. The molecule has 1 aromatic rings. The third-order valence-corrected chi connectivity index (χ3v) is 2.74. The summed E-state index contributed by atoms with van der Waals surface area (Å²) in [6.07, 6.45) is -3.39. The van der Waals surface area contributed by atoms with Crippen molar-refractivity contribution in [2.45, 2.75) is 38.8 Å². The largest absolute Gasteiger partial charge is 0.466 e. The monoisotopic (exact) mass is 292 g/mol. The highest BCUT2D eigenvalue weighted by Gasteiger charge is 2.34. The Bertz CT molecular complexity index is 455. The van der Waals surface area contributed by atoms with E-state index in [-0.39, 0.29) is 25.0 Å². The number of carbonyl (C=O) groups is 1. The summed E-state index contributed by atoms with van der Waals surface area (Å²) in [7, 11) is 0. The molecule has 0 aliphatic heterocycles. The van der Waals surface area contributed by atoms with Crippen LogP contribution in [0.2, 0.25) is 0 Å². The van der Waals surface area contributed by atoms with E-state index in [0.29, 0.717) is 6.07 Å². The maximum Gasteiger partial charge on any atom is 0.419 e. The summed E-state index contributed by atoms with van der Waals surface area (Å²) < 4.78 is 56.0. The molecule has 1 rings (SSSR count). The van der Waals surface area contributed by atoms with Crippen molar-refractivity contribution < 1.29 is 27.1 Å². The average Bonchev–Trinajstić information content (AvgIpc) is 2.36. The molecular weight excluding hydrogens is 276 g/mol. The quantitative estimate of drug-likeness (QED) is 0.448. The predicted molar refractivity (Wildman–Crippen MR) is 65.6 cm³/mol. The van der Waals surface area contributed by atoms with Crippen LogP contribution in [0.4, 0.5) is 17.6 Å². The number of alkyl halides is 3. The SMILES string of the molecule is CCCCOC(=O)CCc1cccc(C(F)(F)F)c1F. The zero-order chi connectivity index (χ0) is 15.2. The van der Waals surface area contributed by atoms with E-state index in [1.807, 2.05) is 6.92 Å². The van der Waals surface area contributed by atoms with E-state index in [9.17, 15) is 22.4 Å². The number of aryl methyl sites for hydroxylation is 1. The Hall–Kier alpha value is -1.59. The maximum absolute atomic E-state index is 13.7. The molecule has 0 unspecified atom stereocenters. The molecule has 0 spiro atoms. The second kappa shape index (κ2) is 7.26. The second-order valence-corrected chi connectivity index (χ2v) is 4.35. The third kappa shape index (κ3) is 4.83. The van der Waals surface area contributed by atoms with Crippen LogP contribution >= 0.6 is 0 Å². The fourth-order valence-corrected chi connectivity index (χ4v) is 1.63. The Kier molecular flexibility index (Phi) is 5.98. The van der Waals surface area contributed by atoms with Crippen molar-refractivity contribution in [1.82, 2.24) is 0 Å². The zero-order valence-corrected chi connectivity index (χ0v) is 11.1. The number of rotatable bonds is 6. The Balaban J connectivity index is 2.63. The van der Waals surface area contributed by atoms with Gasteiger partial charge < -0.3 is 4.74 Å². The molecule has 20 heavy (non-hydrogen) atoms. The number of carbonyl (C=O) groups excluding carboxylic acids is 1. The van der Waals surface area contributed by atoms with Gasteiger partial charge in [0, 0.05) is 6.42 Å². The second-order valence-electron chi connectivity index (χ2n) is 4.35. The summed E-state index contributed by atoms with van der Waals surface area (Å²) in [6.45, 7) is 2.21. The minimum absolute atomic E-state index is 0.110. The lowest BCUT2D eigenvalue weighted by molar-refractivity contribution is -0.143. The first-order chi connectivity index (χ1) is 9.36. The molecule has 0 atom stereocenters. The number of unbranched alkanes of at least 4 members (excludes halogenated alkanes) is 1. The molecule has 0 amide bonds. The highest BCUT2D eigenvalue weighted by molar-refractivity contribution is 5.69. The first-order valence-corrected chi connectivity index (χ1v) is 6.36. The standard InChI is InChI=1S/C14H16F4O2/c1-2-3-9-20-12(19)8-7-10-5-4-6-11(13(10)15)14(16,17)18/h4-6H,2-3,7-9H2,1H3. The van der Waals surface area contributed by atoms with E-state index in [2.05, 4.69) is 0 Å². The van der Waals surface area contributed by atoms with E-state index < -0.39 is 23.5 Å². The number of benzene rings is 1. The molecule has 0 saturated carbocycles. The van der Waals surface area contributed by atoms with Crippen LogP contribution in [0.5, 0.6) is 0 Å². The van der Waals surface area contributed by atoms with Crippen molar-refractivity contribution in [3.63, 3.8) is 0 Å². The molecule has 112 valence electrons. The van der Waals surface area contributed by atoms with Crippen LogP contribution in [0.1, 0.15) is 37.3 Å². The summed E-state index contributed by atoms with van der Waals surface area (Å²) in [5.74, 6) is -1.85. The maximum atomic E-state index is 13.7. The molecule has 0 fully saturated rings. The molecular formula is C14H16F4O2. The molecule has 0 N–H and O–H groups in total. The molecule has 0 bridgehead atoms. The number of hydrogen-bond acceptors (Lipinski definition) is 2. The molecule has 0 saturated heterocycles. The molecule has 1 aromatic carbocycles. The average molecular weight is 292 g/mol. The van der Waals surface area contributed by atoms with Gasteiger partial charge in [0.15, 0.2) is 0 Å². The van der Waals surface area contributed by atoms with Crippen LogP contribution in [0.25, 0.3) is 0 Å². The fraction of sp³-hybridized carbons (Fsp3) is 0.500. The van der Waals surface area contributed by atoms with Crippen molar-refractivity contribution in [3.05, 3.63) is 35.1 Å². The van der Waals surface area contributed by atoms with Crippen LogP contribution in [0.3, 0.4) is 0 Å². The lowest BCUT2D eigenvalue weighted by atomic mass is 10.0. The Morgan fingerprint density at radius 3 is 2.60 bits per heavy atom. The summed E-state index contributed by atoms with van der Waals surface area (Å²) in [4.78, 5) is 11.3. The van der Waals surface area contributed by atoms with Gasteiger partial charge in [0.2, 0.25) is 0 Å². The minimum Gasteiger partial charge on any atom is -0.466 e. The number of ether oxygens (including phenoxy) is 1. The molecule has 0 aromatic heterocycles. The Labute approximate surface area is 114 Å². The highest BCUT2D eigenvalue weighted by atomic mass is 19.4. The summed E-state index contributed by atoms with van der Waals surface area (Å²) in [5.41, 5.74) is -1.44. The van der Waals surface area contributed by atoms with Crippen LogP contribution < -0.4 is 0 Å². The van der Waals surface area contributed by atoms with Gasteiger partial charge in [0.25, 0.3) is 0 Å². The van der Waals surface area contributed by atoms with Gasteiger partial charge >= 0.3 is 12.1 Å². The van der Waals surface area contributed by atoms with Gasteiger partial charge in [-0.25, -0.2) is 4.39 Å². The van der Waals surface area contributed by atoms with E-state index in [4.69, 9.17) is 4.74 Å². The first-order valence-electron chi connectivity index (χ1n) is 6.36. The summed E-state index contributed by atoms with van der Waals surface area (Å²) in [5, 5.41) is 0. The van der Waals surface area contributed by atoms with Crippen molar-refractivity contribution in [2.24, 2.45) is 0 Å². The topological polar surface area (TPSA) is 26.3 Å². The highest BCUT2D eigenvalue weighted by Crippen LogP contribution is 2.32. The normalized spacial score (nSPS) is 11.4. The van der Waals surface area contributed by atoms with Crippen molar-refractivity contribution in [3.8, 4) is 0 Å². The number of esters is 1. The smallest absolute Gasteiger partial charge is 0.419 e. The van der Waals surface area contributed by atoms with Crippen LogP contribution in [-0.4, -0.2) is 12.6 Å². The Morgan fingerprint density at radius 2 is 2.00 bits per heavy atom. The third-order valence-electron chi connectivity index (χ3n) is 2.74. The first kappa shape index (κ1) is 16.5. The number of halogens is 4. The Morgan fingerprint density at radius 1 is 1.30 bits per heavy atom. The molecule has 6 heteroatoms. The summed E-state index contributed by atoms with van der Waals surface area (Å²) >= 11 is 0. The van der Waals surface area contributed by atoms with Gasteiger partial charge in [-0.3, -0.25) is 4.79 Å². The van der Waals surface area contributed by atoms with E-state index in [1.54, 1.807) is 0 Å². The van der Waals surface area contributed by atoms with Crippen molar-refractivity contribution in [1.29, 1.82) is 0 Å². The van der Waals surface area contributed by atoms with Gasteiger partial charge in [-0.05, 0) is 24.5 Å². The zero-order valence-electron chi connectivity index (χ0n) is 11.1. The minimum atomic E-state index is -4.73. The predicted octanol–water partition coefficient (Wildman–Crippen LogP) is 4.12. The van der Waals surface area contributed by atoms with Crippen LogP contribution in [-0.2, 0) is 22.1 Å². The molecule has 0 heterocycles. The molecule has 0 aliphatic carbocycles. The summed E-state index contributed by atoms with van der Waals surface area (Å²) in [6, 6.07) is 3.05. The van der Waals surface area contributed by atoms with E-state index >= 15 is 0 Å². The van der Waals surface area contributed by atoms with Crippen molar-refractivity contribution >= 4 is 5.97 Å². The lowest BCUT2D eigenvalue weighted by Gasteiger charge is -2.11. The van der Waals surface area contributed by atoms with Gasteiger partial charge in [-0.15, -0.1) is 0 Å². The van der Waals surface area contributed by atoms with Gasteiger partial charge in [-0.1, -0.05) is 25.5 Å². The van der Waals surface area contributed by atoms with Crippen molar-refractivity contribution in [2.75, 3.05) is 6.61 Å². The van der Waals surface area contributed by atoms with Gasteiger partial charge in [0.05, 0.1) is 12.2 Å². The van der Waals surface area contributed by atoms with Gasteiger partial charge in [0.1, 0.15) is 5.82 Å². The number of hydrogen-bond donors (Lipinski definition) is 0. The molecule has 2 nitrogen and oxygen atoms in total. The van der Waals surface area contributed by atoms with Gasteiger partial charge in [-0.2, -0.15) is 13.2 Å².